The Morgan fingerprint density at radius 3 is 3.00 bits per heavy atom. The first-order chi connectivity index (χ1) is 9.33. The third kappa shape index (κ3) is 3.19. The first kappa shape index (κ1) is 13.2. The van der Waals surface area contributed by atoms with Gasteiger partial charge in [0, 0.05) is 24.0 Å². The fourth-order valence-corrected chi connectivity index (χ4v) is 3.79. The first-order valence-corrected chi connectivity index (χ1v) is 7.59. The van der Waals surface area contributed by atoms with E-state index in [1.165, 1.54) is 5.56 Å². The Morgan fingerprint density at radius 1 is 1.32 bits per heavy atom. The predicted molar refractivity (Wildman–Crippen MR) is 74.7 cm³/mol. The fourth-order valence-electron chi connectivity index (χ4n) is 2.77. The third-order valence-electron chi connectivity index (χ3n) is 3.86. The van der Waals surface area contributed by atoms with E-state index in [0.29, 0.717) is 43.0 Å². The van der Waals surface area contributed by atoms with Crippen LogP contribution in [0, 0.1) is 5.92 Å². The molecule has 1 aromatic rings. The number of rotatable bonds is 3. The zero-order chi connectivity index (χ0) is 13.1. The van der Waals surface area contributed by atoms with Crippen LogP contribution >= 0.6 is 12.0 Å². The van der Waals surface area contributed by atoms with E-state index in [4.69, 9.17) is 8.92 Å². The summed E-state index contributed by atoms with van der Waals surface area (Å²) in [7, 11) is 0. The maximum absolute atomic E-state index is 11.6. The summed E-state index contributed by atoms with van der Waals surface area (Å²) in [5.74, 6) is 0.695. The molecule has 102 valence electrons. The van der Waals surface area contributed by atoms with Crippen LogP contribution in [0.15, 0.2) is 30.3 Å². The Bertz CT molecular complexity index is 434. The van der Waals surface area contributed by atoms with E-state index in [1.54, 1.807) is 12.0 Å². The van der Waals surface area contributed by atoms with Crippen LogP contribution in [-0.2, 0) is 20.3 Å². The van der Waals surface area contributed by atoms with Crippen molar-refractivity contribution in [3.05, 3.63) is 35.9 Å². The summed E-state index contributed by atoms with van der Waals surface area (Å²) in [4.78, 5) is 11.6. The summed E-state index contributed by atoms with van der Waals surface area (Å²) in [5.41, 5.74) is 1.17. The summed E-state index contributed by atoms with van der Waals surface area (Å²) < 4.78 is 11.6. The maximum atomic E-state index is 11.6. The molecule has 1 aliphatic heterocycles. The Hall–Kier alpha value is -0.840. The lowest BCUT2D eigenvalue weighted by molar-refractivity contribution is -0.125. The molecule has 1 aliphatic carbocycles. The van der Waals surface area contributed by atoms with Gasteiger partial charge in [0.2, 0.25) is 0 Å². The van der Waals surface area contributed by atoms with Gasteiger partial charge in [-0.25, -0.2) is 0 Å². The lowest BCUT2D eigenvalue weighted by Gasteiger charge is -2.39. The van der Waals surface area contributed by atoms with Crippen LogP contribution in [0.25, 0.3) is 0 Å². The molecule has 0 radical (unpaired) electrons. The molecule has 2 aliphatic rings. The molecular formula is C15H18O3S. The van der Waals surface area contributed by atoms with Crippen LogP contribution in [-0.4, -0.2) is 23.7 Å². The molecule has 1 saturated carbocycles. The molecular weight excluding hydrogens is 260 g/mol. The van der Waals surface area contributed by atoms with Crippen molar-refractivity contribution in [2.45, 2.75) is 37.2 Å². The van der Waals surface area contributed by atoms with Crippen LogP contribution in [0.1, 0.15) is 24.8 Å². The molecule has 0 unspecified atom stereocenters. The minimum absolute atomic E-state index is 0.0516. The second kappa shape index (κ2) is 6.07. The van der Waals surface area contributed by atoms with Gasteiger partial charge >= 0.3 is 0 Å². The summed E-state index contributed by atoms with van der Waals surface area (Å²) in [6.45, 7) is 1.18. The molecule has 2 fully saturated rings. The zero-order valence-electron chi connectivity index (χ0n) is 10.8. The quantitative estimate of drug-likeness (QED) is 0.796. The van der Waals surface area contributed by atoms with E-state index >= 15 is 0 Å². The van der Waals surface area contributed by atoms with Gasteiger partial charge in [-0.2, -0.15) is 0 Å². The Labute approximate surface area is 117 Å². The van der Waals surface area contributed by atoms with Crippen LogP contribution < -0.4 is 0 Å². The molecule has 3 nitrogen and oxygen atoms in total. The van der Waals surface area contributed by atoms with Gasteiger partial charge in [0.05, 0.1) is 19.3 Å². The fraction of sp³-hybridized carbons (Fsp3) is 0.533. The summed E-state index contributed by atoms with van der Waals surface area (Å²) in [6, 6.07) is 10.1. The topological polar surface area (TPSA) is 35.5 Å². The van der Waals surface area contributed by atoms with Crippen LogP contribution in [0.4, 0.5) is 0 Å². The normalized spacial score (nSPS) is 30.9. The second-order valence-corrected chi connectivity index (χ2v) is 6.23. The van der Waals surface area contributed by atoms with Gasteiger partial charge in [-0.1, -0.05) is 30.3 Å². The van der Waals surface area contributed by atoms with Crippen molar-refractivity contribution in [2.75, 3.05) is 6.61 Å². The zero-order valence-corrected chi connectivity index (χ0v) is 11.6. The predicted octanol–water partition coefficient (Wildman–Crippen LogP) is 2.99. The van der Waals surface area contributed by atoms with Gasteiger partial charge < -0.3 is 8.92 Å². The van der Waals surface area contributed by atoms with E-state index in [1.807, 2.05) is 18.2 Å². The molecule has 0 N–H and O–H groups in total. The van der Waals surface area contributed by atoms with E-state index in [9.17, 15) is 4.79 Å². The molecule has 1 heterocycles. The highest BCUT2D eigenvalue weighted by Crippen LogP contribution is 2.39. The largest absolute Gasteiger partial charge is 0.371 e. The molecule has 19 heavy (non-hydrogen) atoms. The lowest BCUT2D eigenvalue weighted by atomic mass is 9.84. The molecule has 3 rings (SSSR count). The number of carbonyl (C=O) groups is 1. The minimum Gasteiger partial charge on any atom is -0.371 e. The van der Waals surface area contributed by atoms with Gasteiger partial charge in [0.25, 0.3) is 0 Å². The summed E-state index contributed by atoms with van der Waals surface area (Å²) >= 11 is 1.54. The highest BCUT2D eigenvalue weighted by Gasteiger charge is 2.39. The van der Waals surface area contributed by atoms with Gasteiger partial charge in [0.1, 0.15) is 5.78 Å². The van der Waals surface area contributed by atoms with Crippen molar-refractivity contribution in [3.63, 3.8) is 0 Å². The number of hydrogen-bond acceptors (Lipinski definition) is 4. The molecule has 3 atom stereocenters. The lowest BCUT2D eigenvalue weighted by Crippen LogP contribution is -2.43. The van der Waals surface area contributed by atoms with Crippen molar-refractivity contribution >= 4 is 17.8 Å². The standard InChI is InChI=1S/C15H18O3S/c16-12-6-7-15-13(8-12)14(10-18-19-15)17-9-11-4-2-1-3-5-11/h1-5,13-15H,6-10H2/t13-,14-,15+/m1/s1. The average molecular weight is 278 g/mol. The van der Waals surface area contributed by atoms with E-state index in [2.05, 4.69) is 12.1 Å². The van der Waals surface area contributed by atoms with Crippen molar-refractivity contribution in [1.29, 1.82) is 0 Å². The number of Topliss-reactive ketones (excluding diaryl/α,β-unsaturated/α-hetero) is 1. The molecule has 4 heteroatoms. The molecule has 1 aromatic carbocycles. The van der Waals surface area contributed by atoms with Crippen molar-refractivity contribution in [1.82, 2.24) is 0 Å². The number of ketones is 1. The SMILES string of the molecule is O=C1CC[C@@H]2SOC[C@@H](OCc3ccccc3)[C@H]2C1. The minimum atomic E-state index is 0.0516. The van der Waals surface area contributed by atoms with Gasteiger partial charge in [-0.05, 0) is 24.0 Å². The van der Waals surface area contributed by atoms with E-state index < -0.39 is 0 Å². The summed E-state index contributed by atoms with van der Waals surface area (Å²) in [5, 5.41) is 0.423. The number of hydrogen-bond donors (Lipinski definition) is 0. The maximum Gasteiger partial charge on any atom is 0.133 e. The average Bonchev–Trinajstić information content (AvgIpc) is 2.46. The Morgan fingerprint density at radius 2 is 2.16 bits per heavy atom. The van der Waals surface area contributed by atoms with Crippen molar-refractivity contribution < 1.29 is 13.7 Å². The van der Waals surface area contributed by atoms with E-state index in [-0.39, 0.29) is 6.10 Å². The number of ether oxygens (including phenoxy) is 1. The number of carbonyl (C=O) groups excluding carboxylic acids is 1. The Balaban J connectivity index is 1.61. The van der Waals surface area contributed by atoms with E-state index in [0.717, 1.165) is 6.42 Å². The van der Waals surface area contributed by atoms with Gasteiger partial charge in [0.15, 0.2) is 0 Å². The van der Waals surface area contributed by atoms with Crippen molar-refractivity contribution in [3.8, 4) is 0 Å². The van der Waals surface area contributed by atoms with Crippen molar-refractivity contribution in [2.24, 2.45) is 5.92 Å². The second-order valence-electron chi connectivity index (χ2n) is 5.20. The number of fused-ring (bicyclic) bond motifs is 1. The highest BCUT2D eigenvalue weighted by atomic mass is 32.2. The summed E-state index contributed by atoms with van der Waals surface area (Å²) in [6.07, 6.45) is 2.33. The first-order valence-electron chi connectivity index (χ1n) is 6.78. The van der Waals surface area contributed by atoms with Crippen LogP contribution in [0.5, 0.6) is 0 Å². The molecule has 0 amide bonds. The van der Waals surface area contributed by atoms with Gasteiger partial charge in [-0.15, -0.1) is 0 Å². The molecule has 1 saturated heterocycles. The molecule has 0 spiro atoms. The molecule has 0 bridgehead atoms. The van der Waals surface area contributed by atoms with Crippen LogP contribution in [0.2, 0.25) is 0 Å². The van der Waals surface area contributed by atoms with Gasteiger partial charge in [-0.3, -0.25) is 4.79 Å². The number of benzene rings is 1. The Kier molecular flexibility index (Phi) is 4.21. The third-order valence-corrected chi connectivity index (χ3v) is 4.96. The molecule has 0 aromatic heterocycles. The van der Waals surface area contributed by atoms with Crippen LogP contribution in [0.3, 0.4) is 0 Å². The highest BCUT2D eigenvalue weighted by molar-refractivity contribution is 7.95. The smallest absolute Gasteiger partial charge is 0.133 e. The monoisotopic (exact) mass is 278 g/mol.